The number of carbonyl (C=O) groups excluding carboxylic acids is 1. The minimum atomic E-state index is -0.584. The molecule has 1 unspecified atom stereocenters. The number of rotatable bonds is 4. The first-order valence-corrected chi connectivity index (χ1v) is 15.0. The van der Waals surface area contributed by atoms with E-state index in [1.165, 1.54) is 0 Å². The quantitative estimate of drug-likeness (QED) is 0.269. The number of hydrogen-bond acceptors (Lipinski definition) is 6. The van der Waals surface area contributed by atoms with E-state index in [1.807, 2.05) is 63.2 Å². The number of carbonyl (C=O) groups is 1. The van der Waals surface area contributed by atoms with E-state index in [0.29, 0.717) is 30.3 Å². The fourth-order valence-corrected chi connectivity index (χ4v) is 6.79. The third kappa shape index (κ3) is 4.96. The standard InChI is InChI=1S/C33H38N6O3/c1-33(2,3)42-32(41)39-15-7-6-10-27(39)21-11-12-23-22(18-21)29(34-26-19-38-16-13-20(26)14-17-38)28(31(40)37-23)30-35-24-8-4-5-9-25(24)36-30/h4-9,11-12,18,20,26-27H,10,13-17,19H2,1-3H3,(H,35,36)(H2,34,37,40)/t26?,27-/m1/s1. The molecular weight excluding hydrogens is 528 g/mol. The zero-order chi connectivity index (χ0) is 29.0. The molecule has 3 fully saturated rings. The molecule has 0 spiro atoms. The van der Waals surface area contributed by atoms with Crippen molar-refractivity contribution >= 4 is 33.7 Å². The van der Waals surface area contributed by atoms with Gasteiger partial charge in [0.05, 0.1) is 28.3 Å². The van der Waals surface area contributed by atoms with Gasteiger partial charge in [-0.25, -0.2) is 9.78 Å². The summed E-state index contributed by atoms with van der Waals surface area (Å²) in [7, 11) is 0. The van der Waals surface area contributed by atoms with Crippen LogP contribution in [0.25, 0.3) is 33.3 Å². The van der Waals surface area contributed by atoms with Gasteiger partial charge in [-0.3, -0.25) is 9.69 Å². The van der Waals surface area contributed by atoms with E-state index in [4.69, 9.17) is 9.72 Å². The van der Waals surface area contributed by atoms with Crippen LogP contribution < -0.4 is 10.9 Å². The summed E-state index contributed by atoms with van der Waals surface area (Å²) in [5, 5.41) is 4.78. The predicted octanol–water partition coefficient (Wildman–Crippen LogP) is 5.82. The van der Waals surface area contributed by atoms with E-state index in [2.05, 4.69) is 32.3 Å². The Bertz CT molecular complexity index is 1710. The first-order valence-electron chi connectivity index (χ1n) is 15.0. The molecule has 218 valence electrons. The number of piperidine rings is 3. The first kappa shape index (κ1) is 26.8. The van der Waals surface area contributed by atoms with E-state index >= 15 is 0 Å². The summed E-state index contributed by atoms with van der Waals surface area (Å²) in [6, 6.07) is 14.0. The Labute approximate surface area is 245 Å². The average Bonchev–Trinajstić information content (AvgIpc) is 3.40. The minimum Gasteiger partial charge on any atom is -0.444 e. The van der Waals surface area contributed by atoms with Gasteiger partial charge in [0.1, 0.15) is 17.0 Å². The second kappa shape index (κ2) is 10.3. The van der Waals surface area contributed by atoms with Crippen LogP contribution in [0.1, 0.15) is 51.6 Å². The van der Waals surface area contributed by atoms with Crippen LogP contribution in [-0.4, -0.2) is 68.7 Å². The van der Waals surface area contributed by atoms with E-state index in [-0.39, 0.29) is 23.7 Å². The monoisotopic (exact) mass is 566 g/mol. The van der Waals surface area contributed by atoms with Crippen LogP contribution in [0.5, 0.6) is 0 Å². The lowest BCUT2D eigenvalue weighted by molar-refractivity contribution is 0.0176. The Kier molecular flexibility index (Phi) is 6.57. The SMILES string of the molecule is CC(C)(C)OC(=O)N1CC=CC[C@@H]1c1ccc2[nH]c(=O)c(-c3nc4ccccc4[nH]3)c(NC3CN4CCC3CC4)c2c1. The number of nitrogens with zero attached hydrogens (tertiary/aromatic N) is 3. The summed E-state index contributed by atoms with van der Waals surface area (Å²) in [5.41, 5.74) is 3.99. The van der Waals surface area contributed by atoms with Crippen molar-refractivity contribution in [2.75, 3.05) is 31.5 Å². The van der Waals surface area contributed by atoms with Crippen LogP contribution in [0, 0.1) is 5.92 Å². The fraction of sp³-hybridized carbons (Fsp3) is 0.424. The number of nitrogens with one attached hydrogen (secondary N) is 3. The van der Waals surface area contributed by atoms with Gasteiger partial charge in [0.25, 0.3) is 5.56 Å². The van der Waals surface area contributed by atoms with Crippen LogP contribution in [0.4, 0.5) is 10.5 Å². The largest absolute Gasteiger partial charge is 0.444 e. The van der Waals surface area contributed by atoms with Crippen molar-refractivity contribution in [1.29, 1.82) is 0 Å². The number of aromatic amines is 2. The highest BCUT2D eigenvalue weighted by Gasteiger charge is 2.35. The highest BCUT2D eigenvalue weighted by molar-refractivity contribution is 5.99. The molecule has 6 heterocycles. The summed E-state index contributed by atoms with van der Waals surface area (Å²) < 4.78 is 5.77. The third-order valence-corrected chi connectivity index (χ3v) is 8.87. The second-order valence-electron chi connectivity index (χ2n) is 12.9. The number of imidazole rings is 1. The van der Waals surface area contributed by atoms with E-state index in [1.54, 1.807) is 4.90 Å². The molecule has 0 saturated carbocycles. The number of amides is 1. The van der Waals surface area contributed by atoms with Gasteiger partial charge in [-0.1, -0.05) is 30.4 Å². The molecular formula is C33H38N6O3. The van der Waals surface area contributed by atoms with Crippen molar-refractivity contribution in [1.82, 2.24) is 24.8 Å². The van der Waals surface area contributed by atoms with Crippen molar-refractivity contribution in [3.05, 3.63) is 70.5 Å². The Balaban J connectivity index is 1.37. The molecule has 2 bridgehead atoms. The number of fused-ring (bicyclic) bond motifs is 5. The number of anilines is 1. The topological polar surface area (TPSA) is 106 Å². The van der Waals surface area contributed by atoms with Crippen molar-refractivity contribution in [3.8, 4) is 11.4 Å². The number of aromatic nitrogens is 3. The average molecular weight is 567 g/mol. The number of benzene rings is 2. The molecule has 4 aliphatic heterocycles. The molecule has 1 amide bonds. The lowest BCUT2D eigenvalue weighted by Gasteiger charge is -2.45. The van der Waals surface area contributed by atoms with E-state index in [0.717, 1.165) is 65.7 Å². The van der Waals surface area contributed by atoms with E-state index < -0.39 is 5.60 Å². The van der Waals surface area contributed by atoms with Gasteiger partial charge < -0.3 is 24.9 Å². The third-order valence-electron chi connectivity index (χ3n) is 8.87. The van der Waals surface area contributed by atoms with Crippen LogP contribution in [-0.2, 0) is 4.74 Å². The normalized spacial score (nSPS) is 23.9. The molecule has 8 rings (SSSR count). The molecule has 4 aromatic rings. The van der Waals surface area contributed by atoms with Gasteiger partial charge in [-0.05, 0) is 88.9 Å². The fourth-order valence-electron chi connectivity index (χ4n) is 6.79. The lowest BCUT2D eigenvalue weighted by Crippen LogP contribution is -2.53. The maximum atomic E-state index is 13.7. The predicted molar refractivity (Wildman–Crippen MR) is 166 cm³/mol. The van der Waals surface area contributed by atoms with Crippen molar-refractivity contribution in [3.63, 3.8) is 0 Å². The summed E-state index contributed by atoms with van der Waals surface area (Å²) >= 11 is 0. The van der Waals surface area contributed by atoms with Gasteiger partial charge >= 0.3 is 6.09 Å². The van der Waals surface area contributed by atoms with Gasteiger partial charge in [-0.15, -0.1) is 0 Å². The summed E-state index contributed by atoms with van der Waals surface area (Å²) in [5.74, 6) is 1.10. The van der Waals surface area contributed by atoms with Crippen molar-refractivity contribution < 1.29 is 9.53 Å². The Hall–Kier alpha value is -4.11. The Morgan fingerprint density at radius 3 is 2.60 bits per heavy atom. The van der Waals surface area contributed by atoms with Crippen molar-refractivity contribution in [2.45, 2.75) is 57.7 Å². The lowest BCUT2D eigenvalue weighted by atomic mass is 9.83. The van der Waals surface area contributed by atoms with Crippen LogP contribution in [0.15, 0.2) is 59.4 Å². The van der Waals surface area contributed by atoms with Gasteiger partial charge in [-0.2, -0.15) is 0 Å². The molecule has 2 atom stereocenters. The highest BCUT2D eigenvalue weighted by Crippen LogP contribution is 2.38. The number of pyridine rings is 1. The summed E-state index contributed by atoms with van der Waals surface area (Å²) in [6.45, 7) is 9.37. The molecule has 3 N–H and O–H groups in total. The molecule has 9 nitrogen and oxygen atoms in total. The summed E-state index contributed by atoms with van der Waals surface area (Å²) in [4.78, 5) is 42.6. The van der Waals surface area contributed by atoms with Gasteiger partial charge in [0.15, 0.2) is 0 Å². The van der Waals surface area contributed by atoms with Crippen molar-refractivity contribution in [2.24, 2.45) is 5.92 Å². The molecule has 9 heteroatoms. The highest BCUT2D eigenvalue weighted by atomic mass is 16.6. The number of ether oxygens (including phenoxy) is 1. The molecule has 2 aromatic heterocycles. The Morgan fingerprint density at radius 2 is 1.86 bits per heavy atom. The Morgan fingerprint density at radius 1 is 1.05 bits per heavy atom. The second-order valence-corrected chi connectivity index (χ2v) is 12.9. The molecule has 0 aliphatic carbocycles. The zero-order valence-corrected chi connectivity index (χ0v) is 24.4. The number of hydrogen-bond donors (Lipinski definition) is 3. The van der Waals surface area contributed by atoms with E-state index in [9.17, 15) is 9.59 Å². The number of para-hydroxylation sites is 2. The maximum Gasteiger partial charge on any atom is 0.411 e. The molecule has 3 saturated heterocycles. The molecule has 42 heavy (non-hydrogen) atoms. The van der Waals surface area contributed by atoms with Gasteiger partial charge in [0.2, 0.25) is 0 Å². The first-order chi connectivity index (χ1) is 20.2. The molecule has 2 aromatic carbocycles. The summed E-state index contributed by atoms with van der Waals surface area (Å²) in [6.07, 6.45) is 6.81. The van der Waals surface area contributed by atoms with Crippen LogP contribution in [0.2, 0.25) is 0 Å². The molecule has 4 aliphatic rings. The maximum absolute atomic E-state index is 13.7. The minimum absolute atomic E-state index is 0.180. The smallest absolute Gasteiger partial charge is 0.411 e. The molecule has 0 radical (unpaired) electrons. The van der Waals surface area contributed by atoms with Crippen LogP contribution >= 0.6 is 0 Å². The zero-order valence-electron chi connectivity index (χ0n) is 24.4. The number of H-pyrrole nitrogens is 2. The van der Waals surface area contributed by atoms with Crippen LogP contribution in [0.3, 0.4) is 0 Å². The van der Waals surface area contributed by atoms with Gasteiger partial charge in [0, 0.05) is 24.5 Å².